The molecule has 0 spiro atoms. The molecule has 2 aliphatic heterocycles. The lowest BCUT2D eigenvalue weighted by Crippen LogP contribution is -2.54. The molecule has 0 bridgehead atoms. The minimum absolute atomic E-state index is 0.132. The highest BCUT2D eigenvalue weighted by molar-refractivity contribution is 6.30. The molecule has 0 aliphatic carbocycles. The van der Waals surface area contributed by atoms with E-state index in [2.05, 4.69) is 0 Å². The van der Waals surface area contributed by atoms with Gasteiger partial charge in [-0.3, -0.25) is 0 Å². The van der Waals surface area contributed by atoms with Crippen LogP contribution in [0.2, 0.25) is 0 Å². The summed E-state index contributed by atoms with van der Waals surface area (Å²) in [5.74, 6) is -4.37. The molecule has 8 heteroatoms. The van der Waals surface area contributed by atoms with Crippen LogP contribution in [0.15, 0.2) is 54.6 Å². The number of esters is 2. The van der Waals surface area contributed by atoms with E-state index in [4.69, 9.17) is 14.2 Å². The summed E-state index contributed by atoms with van der Waals surface area (Å²) in [6, 6.07) is 15.8. The highest BCUT2D eigenvalue weighted by Gasteiger charge is 2.53. The second-order valence-corrected chi connectivity index (χ2v) is 8.36. The molecule has 2 N–H and O–H groups in total. The number of aliphatic hydroxyl groups excluding tert-OH is 1. The van der Waals surface area contributed by atoms with Gasteiger partial charge in [0.15, 0.2) is 12.3 Å². The number of likely N-dealkylation sites (tertiary alicyclic amines) is 1. The van der Waals surface area contributed by atoms with Gasteiger partial charge in [-0.05, 0) is 43.4 Å². The minimum Gasteiger partial charge on any atom is -0.475 e. The number of piperidine rings is 1. The Bertz CT molecular complexity index is 982. The first-order valence-corrected chi connectivity index (χ1v) is 11.3. The Labute approximate surface area is 192 Å². The third-order valence-electron chi connectivity index (χ3n) is 6.13. The third-order valence-corrected chi connectivity index (χ3v) is 6.13. The highest BCUT2D eigenvalue weighted by atomic mass is 16.7. The number of ether oxygens (including phenoxy) is 3. The minimum atomic E-state index is -2.24. The number of hydrogen-bond donors (Lipinski definition) is 2. The summed E-state index contributed by atoms with van der Waals surface area (Å²) >= 11 is 0. The van der Waals surface area contributed by atoms with E-state index in [-0.39, 0.29) is 17.7 Å². The first-order chi connectivity index (χ1) is 15.9. The number of benzene rings is 2. The molecule has 8 nitrogen and oxygen atoms in total. The molecule has 2 aromatic rings. The smallest absolute Gasteiger partial charge is 0.420 e. The van der Waals surface area contributed by atoms with Gasteiger partial charge in [0.1, 0.15) is 12.0 Å². The zero-order valence-corrected chi connectivity index (χ0v) is 18.6. The average Bonchev–Trinajstić information content (AvgIpc) is 2.82. The van der Waals surface area contributed by atoms with Gasteiger partial charge in [0, 0.05) is 13.0 Å². The average molecular weight is 456 g/mol. The van der Waals surface area contributed by atoms with Crippen LogP contribution in [0.1, 0.15) is 43.7 Å². The second kappa shape index (κ2) is 9.91. The standard InChI is InChI=1S/C25H29NO7/c1-2-22(26-15-9-8-14-21(26)27)31-19-13-7-6-12-18(19)25(30)20(32-23(28)24(29)33-25)16-17-10-4-3-5-11-17/h3-7,10-13,20-22,27,30H,2,8-9,14-16H2,1H3. The number of nitrogens with zero attached hydrogens (tertiary/aromatic N) is 1. The molecule has 4 rings (SSSR count). The van der Waals surface area contributed by atoms with E-state index in [0.29, 0.717) is 19.4 Å². The van der Waals surface area contributed by atoms with E-state index >= 15 is 0 Å². The van der Waals surface area contributed by atoms with Gasteiger partial charge in [-0.15, -0.1) is 0 Å². The van der Waals surface area contributed by atoms with Crippen LogP contribution in [-0.2, 0) is 31.3 Å². The molecule has 2 aromatic carbocycles. The molecule has 2 aliphatic rings. The molecule has 2 saturated heterocycles. The van der Waals surface area contributed by atoms with E-state index in [0.717, 1.165) is 18.4 Å². The Morgan fingerprint density at radius 2 is 1.82 bits per heavy atom. The van der Waals surface area contributed by atoms with Crippen LogP contribution in [0.3, 0.4) is 0 Å². The fourth-order valence-corrected chi connectivity index (χ4v) is 4.41. The molecular formula is C25H29NO7. The number of rotatable bonds is 7. The van der Waals surface area contributed by atoms with E-state index in [1.165, 1.54) is 0 Å². The molecule has 0 radical (unpaired) electrons. The fraction of sp³-hybridized carbons (Fsp3) is 0.440. The molecule has 2 heterocycles. The summed E-state index contributed by atoms with van der Waals surface area (Å²) in [6.45, 7) is 2.64. The number of cyclic esters (lactones) is 2. The summed E-state index contributed by atoms with van der Waals surface area (Å²) in [4.78, 5) is 26.0. The molecule has 2 fully saturated rings. The maximum absolute atomic E-state index is 12.1. The first-order valence-electron chi connectivity index (χ1n) is 11.3. The van der Waals surface area contributed by atoms with Crippen molar-refractivity contribution in [2.45, 2.75) is 63.4 Å². The first kappa shape index (κ1) is 23.2. The van der Waals surface area contributed by atoms with Crippen molar-refractivity contribution in [3.63, 3.8) is 0 Å². The van der Waals surface area contributed by atoms with Crippen LogP contribution in [0, 0.1) is 0 Å². The SMILES string of the molecule is CCC(Oc1ccccc1C1(O)OC(=O)C(=O)OC1Cc1ccccc1)N1CCCCC1O. The van der Waals surface area contributed by atoms with E-state index < -0.39 is 36.3 Å². The van der Waals surface area contributed by atoms with Gasteiger partial charge in [-0.1, -0.05) is 49.4 Å². The van der Waals surface area contributed by atoms with Gasteiger partial charge in [0.2, 0.25) is 0 Å². The zero-order chi connectivity index (χ0) is 23.4. The molecule has 33 heavy (non-hydrogen) atoms. The second-order valence-electron chi connectivity index (χ2n) is 8.36. The fourth-order valence-electron chi connectivity index (χ4n) is 4.41. The molecule has 4 unspecified atom stereocenters. The van der Waals surface area contributed by atoms with Crippen LogP contribution in [0.5, 0.6) is 5.75 Å². The van der Waals surface area contributed by atoms with Crippen molar-refractivity contribution < 1.29 is 34.0 Å². The maximum Gasteiger partial charge on any atom is 0.420 e. The molecule has 0 aromatic heterocycles. The molecule has 0 amide bonds. The predicted molar refractivity (Wildman–Crippen MR) is 118 cm³/mol. The summed E-state index contributed by atoms with van der Waals surface area (Å²) in [7, 11) is 0. The van der Waals surface area contributed by atoms with Crippen LogP contribution < -0.4 is 4.74 Å². The van der Waals surface area contributed by atoms with Crippen molar-refractivity contribution >= 4 is 11.9 Å². The quantitative estimate of drug-likeness (QED) is 0.485. The summed E-state index contributed by atoms with van der Waals surface area (Å²) in [5, 5.41) is 22.1. The van der Waals surface area contributed by atoms with Gasteiger partial charge in [-0.2, -0.15) is 0 Å². The van der Waals surface area contributed by atoms with Gasteiger partial charge in [-0.25, -0.2) is 14.5 Å². The number of carbonyl (C=O) groups is 2. The van der Waals surface area contributed by atoms with Gasteiger partial charge in [0.05, 0.1) is 5.56 Å². The van der Waals surface area contributed by atoms with Gasteiger partial charge in [0.25, 0.3) is 5.79 Å². The van der Waals surface area contributed by atoms with Crippen LogP contribution in [0.4, 0.5) is 0 Å². The van der Waals surface area contributed by atoms with Crippen molar-refractivity contribution in [3.05, 3.63) is 65.7 Å². The van der Waals surface area contributed by atoms with Crippen LogP contribution in [-0.4, -0.2) is 52.2 Å². The van der Waals surface area contributed by atoms with Gasteiger partial charge < -0.3 is 24.4 Å². The van der Waals surface area contributed by atoms with E-state index in [1.807, 2.05) is 42.2 Å². The zero-order valence-electron chi connectivity index (χ0n) is 18.6. The topological polar surface area (TPSA) is 106 Å². The predicted octanol–water partition coefficient (Wildman–Crippen LogP) is 2.46. The van der Waals surface area contributed by atoms with E-state index in [9.17, 15) is 19.8 Å². The van der Waals surface area contributed by atoms with Crippen molar-refractivity contribution in [2.24, 2.45) is 0 Å². The molecule has 0 saturated carbocycles. The molecule has 4 atom stereocenters. The van der Waals surface area contributed by atoms with Crippen molar-refractivity contribution in [2.75, 3.05) is 6.54 Å². The summed E-state index contributed by atoms with van der Waals surface area (Å²) in [5.41, 5.74) is 0.977. The Kier molecular flexibility index (Phi) is 6.97. The normalized spacial score (nSPS) is 26.9. The largest absolute Gasteiger partial charge is 0.475 e. The number of para-hydroxylation sites is 1. The van der Waals surface area contributed by atoms with Gasteiger partial charge >= 0.3 is 11.9 Å². The summed E-state index contributed by atoms with van der Waals surface area (Å²) in [6.07, 6.45) is 1.06. The maximum atomic E-state index is 12.1. The summed E-state index contributed by atoms with van der Waals surface area (Å²) < 4.78 is 16.9. The Hall–Kier alpha value is -2.94. The van der Waals surface area contributed by atoms with Crippen molar-refractivity contribution in [1.82, 2.24) is 4.90 Å². The number of hydrogen-bond acceptors (Lipinski definition) is 8. The van der Waals surface area contributed by atoms with Crippen molar-refractivity contribution in [1.29, 1.82) is 0 Å². The molecular weight excluding hydrogens is 426 g/mol. The van der Waals surface area contributed by atoms with E-state index in [1.54, 1.807) is 24.3 Å². The van der Waals surface area contributed by atoms with Crippen LogP contribution in [0.25, 0.3) is 0 Å². The number of carbonyl (C=O) groups excluding carboxylic acids is 2. The lowest BCUT2D eigenvalue weighted by molar-refractivity contribution is -0.281. The highest BCUT2D eigenvalue weighted by Crippen LogP contribution is 2.40. The lowest BCUT2D eigenvalue weighted by Gasteiger charge is -2.40. The lowest BCUT2D eigenvalue weighted by atomic mass is 9.93. The van der Waals surface area contributed by atoms with Crippen molar-refractivity contribution in [3.8, 4) is 5.75 Å². The number of aliphatic hydroxyl groups is 2. The Balaban J connectivity index is 1.67. The third kappa shape index (κ3) is 4.88. The molecule has 176 valence electrons. The Morgan fingerprint density at radius 3 is 2.55 bits per heavy atom. The Morgan fingerprint density at radius 1 is 1.09 bits per heavy atom. The van der Waals surface area contributed by atoms with Crippen LogP contribution >= 0.6 is 0 Å². The monoisotopic (exact) mass is 455 g/mol.